The third-order valence-corrected chi connectivity index (χ3v) is 6.36. The SMILES string of the molecule is Cl.Cl.OCCCN1CCN([C@H]2C[C@H](c3ccc(F)cc3)c3ccc(C(F)(F)F)cc32)CC1. The molecule has 2 aromatic carbocycles. The molecule has 0 spiro atoms. The summed E-state index contributed by atoms with van der Waals surface area (Å²) in [6.07, 6.45) is -2.96. The lowest BCUT2D eigenvalue weighted by molar-refractivity contribution is -0.137. The molecule has 1 fully saturated rings. The van der Waals surface area contributed by atoms with Crippen molar-refractivity contribution in [3.8, 4) is 0 Å². The Kier molecular flexibility index (Phi) is 9.37. The first-order chi connectivity index (χ1) is 14.4. The third-order valence-electron chi connectivity index (χ3n) is 6.36. The van der Waals surface area contributed by atoms with Gasteiger partial charge in [-0.25, -0.2) is 4.39 Å². The minimum Gasteiger partial charge on any atom is -0.396 e. The molecule has 1 saturated heterocycles. The number of nitrogens with zero attached hydrogens (tertiary/aromatic N) is 2. The lowest BCUT2D eigenvalue weighted by atomic mass is 9.92. The number of piperazine rings is 1. The number of hydrogen-bond acceptors (Lipinski definition) is 3. The predicted octanol–water partition coefficient (Wildman–Crippen LogP) is 5.26. The van der Waals surface area contributed by atoms with Crippen molar-refractivity contribution >= 4 is 24.8 Å². The maximum Gasteiger partial charge on any atom is 0.416 e. The Morgan fingerprint density at radius 1 is 0.906 bits per heavy atom. The van der Waals surface area contributed by atoms with Gasteiger partial charge in [0.1, 0.15) is 5.82 Å². The molecule has 1 heterocycles. The molecule has 2 aromatic rings. The lowest BCUT2D eigenvalue weighted by Gasteiger charge is -2.38. The van der Waals surface area contributed by atoms with Gasteiger partial charge in [0, 0.05) is 51.3 Å². The summed E-state index contributed by atoms with van der Waals surface area (Å²) in [5.41, 5.74) is 1.96. The standard InChI is InChI=1S/C23H26F4N2O.2ClH/c24-18-5-2-16(3-6-18)20-15-22(29-11-9-28(10-12-29)8-1-13-30)21-14-17(23(25,26)27)4-7-19(20)21;;/h2-7,14,20,22,30H,1,8-13,15H2;2*1H/t20-,22+;;/m1../s1. The largest absolute Gasteiger partial charge is 0.416 e. The van der Waals surface area contributed by atoms with Crippen molar-refractivity contribution in [2.24, 2.45) is 0 Å². The van der Waals surface area contributed by atoms with Gasteiger partial charge in [-0.1, -0.05) is 18.2 Å². The van der Waals surface area contributed by atoms with Crippen LogP contribution in [-0.2, 0) is 6.18 Å². The Bertz CT molecular complexity index is 871. The molecular weight excluding hydrogens is 467 g/mol. The van der Waals surface area contributed by atoms with E-state index in [0.29, 0.717) is 6.42 Å². The van der Waals surface area contributed by atoms with Crippen molar-refractivity contribution in [1.82, 2.24) is 9.80 Å². The molecule has 3 nitrogen and oxygen atoms in total. The van der Waals surface area contributed by atoms with E-state index in [4.69, 9.17) is 5.11 Å². The Morgan fingerprint density at radius 3 is 2.16 bits per heavy atom. The molecule has 0 aromatic heterocycles. The van der Waals surface area contributed by atoms with E-state index < -0.39 is 11.7 Å². The van der Waals surface area contributed by atoms with E-state index in [9.17, 15) is 17.6 Å². The highest BCUT2D eigenvalue weighted by Gasteiger charge is 2.39. The summed E-state index contributed by atoms with van der Waals surface area (Å²) in [6.45, 7) is 4.24. The summed E-state index contributed by atoms with van der Waals surface area (Å²) >= 11 is 0. The average molecular weight is 495 g/mol. The number of hydrogen-bond donors (Lipinski definition) is 1. The van der Waals surface area contributed by atoms with Gasteiger partial charge in [-0.05, 0) is 53.8 Å². The zero-order valence-corrected chi connectivity index (χ0v) is 19.2. The Morgan fingerprint density at radius 2 is 1.56 bits per heavy atom. The molecule has 0 unspecified atom stereocenters. The summed E-state index contributed by atoms with van der Waals surface area (Å²) in [6, 6.07) is 10.3. The fraction of sp³-hybridized carbons (Fsp3) is 0.478. The molecule has 4 rings (SSSR count). The lowest BCUT2D eigenvalue weighted by Crippen LogP contribution is -2.47. The molecule has 0 radical (unpaired) electrons. The molecule has 2 aliphatic rings. The van der Waals surface area contributed by atoms with Gasteiger partial charge in [0.05, 0.1) is 5.56 Å². The first-order valence-electron chi connectivity index (χ1n) is 10.4. The fourth-order valence-corrected chi connectivity index (χ4v) is 4.78. The van der Waals surface area contributed by atoms with Crippen molar-refractivity contribution in [3.05, 3.63) is 70.5 Å². The number of aliphatic hydroxyl groups excluding tert-OH is 1. The van der Waals surface area contributed by atoms with E-state index >= 15 is 0 Å². The normalized spacial score (nSPS) is 21.5. The molecule has 9 heteroatoms. The van der Waals surface area contributed by atoms with Crippen molar-refractivity contribution in [2.45, 2.75) is 31.0 Å². The van der Waals surface area contributed by atoms with Crippen LogP contribution in [0.2, 0.25) is 0 Å². The summed E-state index contributed by atoms with van der Waals surface area (Å²) in [7, 11) is 0. The minimum atomic E-state index is -4.38. The number of aliphatic hydroxyl groups is 1. The summed E-state index contributed by atoms with van der Waals surface area (Å²) in [4.78, 5) is 4.56. The molecular formula is C23H28Cl2F4N2O. The highest BCUT2D eigenvalue weighted by molar-refractivity contribution is 5.85. The van der Waals surface area contributed by atoms with Crippen LogP contribution in [0.5, 0.6) is 0 Å². The Labute approximate surface area is 198 Å². The quantitative estimate of drug-likeness (QED) is 0.574. The van der Waals surface area contributed by atoms with Crippen LogP contribution < -0.4 is 0 Å². The zero-order valence-electron chi connectivity index (χ0n) is 17.5. The van der Waals surface area contributed by atoms with Gasteiger partial charge < -0.3 is 10.0 Å². The maximum absolute atomic E-state index is 13.4. The minimum absolute atomic E-state index is 0. The van der Waals surface area contributed by atoms with E-state index in [2.05, 4.69) is 9.80 Å². The van der Waals surface area contributed by atoms with Crippen molar-refractivity contribution in [3.63, 3.8) is 0 Å². The van der Waals surface area contributed by atoms with Crippen LogP contribution in [0.15, 0.2) is 42.5 Å². The van der Waals surface area contributed by atoms with Gasteiger partial charge in [0.2, 0.25) is 0 Å². The number of benzene rings is 2. The van der Waals surface area contributed by atoms with Crippen LogP contribution in [0.3, 0.4) is 0 Å². The summed E-state index contributed by atoms with van der Waals surface area (Å²) in [5.74, 6) is -0.361. The smallest absolute Gasteiger partial charge is 0.396 e. The first-order valence-corrected chi connectivity index (χ1v) is 10.4. The van der Waals surface area contributed by atoms with E-state index in [1.807, 2.05) is 0 Å². The second-order valence-corrected chi connectivity index (χ2v) is 8.15. The molecule has 178 valence electrons. The molecule has 32 heavy (non-hydrogen) atoms. The van der Waals surface area contributed by atoms with Gasteiger partial charge in [0.15, 0.2) is 0 Å². The van der Waals surface area contributed by atoms with Crippen LogP contribution in [0, 0.1) is 5.82 Å². The second-order valence-electron chi connectivity index (χ2n) is 8.15. The average Bonchev–Trinajstić information content (AvgIpc) is 3.11. The van der Waals surface area contributed by atoms with Crippen molar-refractivity contribution < 1.29 is 22.7 Å². The van der Waals surface area contributed by atoms with Gasteiger partial charge in [-0.15, -0.1) is 24.8 Å². The number of rotatable bonds is 5. The van der Waals surface area contributed by atoms with Gasteiger partial charge in [-0.3, -0.25) is 4.90 Å². The van der Waals surface area contributed by atoms with Crippen LogP contribution in [0.25, 0.3) is 0 Å². The topological polar surface area (TPSA) is 26.7 Å². The zero-order chi connectivity index (χ0) is 21.3. The van der Waals surface area contributed by atoms with Crippen LogP contribution in [0.4, 0.5) is 17.6 Å². The van der Waals surface area contributed by atoms with Gasteiger partial charge >= 0.3 is 6.18 Å². The van der Waals surface area contributed by atoms with Crippen LogP contribution in [-0.4, -0.2) is 54.2 Å². The van der Waals surface area contributed by atoms with E-state index in [1.165, 1.54) is 18.2 Å². The fourth-order valence-electron chi connectivity index (χ4n) is 4.78. The highest BCUT2D eigenvalue weighted by Crippen LogP contribution is 2.48. The van der Waals surface area contributed by atoms with Gasteiger partial charge in [0.25, 0.3) is 0 Å². The number of halogens is 6. The molecule has 1 N–H and O–H groups in total. The Balaban J connectivity index is 0.00000181. The molecule has 0 amide bonds. The van der Waals surface area contributed by atoms with Crippen LogP contribution in [0.1, 0.15) is 47.1 Å². The molecule has 1 aliphatic heterocycles. The van der Waals surface area contributed by atoms with Gasteiger partial charge in [-0.2, -0.15) is 13.2 Å². The van der Waals surface area contributed by atoms with E-state index in [0.717, 1.165) is 61.9 Å². The maximum atomic E-state index is 13.4. The van der Waals surface area contributed by atoms with Crippen molar-refractivity contribution in [2.75, 3.05) is 39.3 Å². The summed E-state index contributed by atoms with van der Waals surface area (Å²) in [5, 5.41) is 9.02. The molecule has 0 saturated carbocycles. The molecule has 1 aliphatic carbocycles. The highest BCUT2D eigenvalue weighted by atomic mass is 35.5. The molecule has 0 bridgehead atoms. The predicted molar refractivity (Wildman–Crippen MR) is 121 cm³/mol. The Hall–Kier alpha value is -1.38. The van der Waals surface area contributed by atoms with E-state index in [1.54, 1.807) is 18.2 Å². The first kappa shape index (κ1) is 26.9. The third kappa shape index (κ3) is 5.75. The monoisotopic (exact) mass is 494 g/mol. The second kappa shape index (κ2) is 11.2. The molecule has 2 atom stereocenters. The number of alkyl halides is 3. The summed E-state index contributed by atoms with van der Waals surface area (Å²) < 4.78 is 53.5. The van der Waals surface area contributed by atoms with Crippen LogP contribution >= 0.6 is 24.8 Å². The van der Waals surface area contributed by atoms with E-state index in [-0.39, 0.29) is 49.2 Å². The van der Waals surface area contributed by atoms with Crippen molar-refractivity contribution in [1.29, 1.82) is 0 Å². The number of fused-ring (bicyclic) bond motifs is 1.